The molecule has 2 aromatic rings. The van der Waals surface area contributed by atoms with Gasteiger partial charge in [0.05, 0.1) is 12.6 Å². The summed E-state index contributed by atoms with van der Waals surface area (Å²) in [6, 6.07) is 10.0. The van der Waals surface area contributed by atoms with Gasteiger partial charge in [-0.2, -0.15) is 0 Å². The summed E-state index contributed by atoms with van der Waals surface area (Å²) in [4.78, 5) is 0. The highest BCUT2D eigenvalue weighted by Crippen LogP contribution is 2.32. The minimum atomic E-state index is 0.0167. The SMILES string of the molecule is CC1CCC(c2nnc(CN)n2-c2ccccc2)O1. The van der Waals surface area contributed by atoms with Crippen LogP contribution >= 0.6 is 0 Å². The molecule has 0 saturated carbocycles. The summed E-state index contributed by atoms with van der Waals surface area (Å²) >= 11 is 0. The topological polar surface area (TPSA) is 66.0 Å². The van der Waals surface area contributed by atoms with Crippen molar-refractivity contribution in [2.45, 2.75) is 38.5 Å². The minimum absolute atomic E-state index is 0.0167. The van der Waals surface area contributed by atoms with E-state index in [1.165, 1.54) is 0 Å². The fraction of sp³-hybridized carbons (Fsp3) is 0.429. The van der Waals surface area contributed by atoms with E-state index in [2.05, 4.69) is 17.1 Å². The van der Waals surface area contributed by atoms with Crippen LogP contribution in [0, 0.1) is 0 Å². The van der Waals surface area contributed by atoms with Crippen molar-refractivity contribution in [2.75, 3.05) is 0 Å². The van der Waals surface area contributed by atoms with Gasteiger partial charge in [0, 0.05) is 5.69 Å². The summed E-state index contributed by atoms with van der Waals surface area (Å²) in [6.07, 6.45) is 2.34. The van der Waals surface area contributed by atoms with Crippen molar-refractivity contribution in [3.8, 4) is 5.69 Å². The molecule has 1 saturated heterocycles. The highest BCUT2D eigenvalue weighted by atomic mass is 16.5. The quantitative estimate of drug-likeness (QED) is 0.914. The predicted octanol–water partition coefficient (Wildman–Crippen LogP) is 1.97. The number of nitrogens with two attached hydrogens (primary N) is 1. The Labute approximate surface area is 112 Å². The first-order chi connectivity index (χ1) is 9.29. The van der Waals surface area contributed by atoms with Crippen LogP contribution in [0.2, 0.25) is 0 Å². The van der Waals surface area contributed by atoms with Crippen LogP contribution in [0.25, 0.3) is 5.69 Å². The lowest BCUT2D eigenvalue weighted by molar-refractivity contribution is 0.0492. The highest BCUT2D eigenvalue weighted by molar-refractivity contribution is 5.34. The first-order valence-electron chi connectivity index (χ1n) is 6.64. The van der Waals surface area contributed by atoms with E-state index in [1.807, 2.05) is 34.9 Å². The highest BCUT2D eigenvalue weighted by Gasteiger charge is 2.29. The third kappa shape index (κ3) is 2.27. The number of rotatable bonds is 3. The van der Waals surface area contributed by atoms with Gasteiger partial charge in [-0.3, -0.25) is 4.57 Å². The van der Waals surface area contributed by atoms with Crippen LogP contribution in [-0.2, 0) is 11.3 Å². The number of hydrogen-bond donors (Lipinski definition) is 1. The average molecular weight is 258 g/mol. The molecule has 1 aromatic carbocycles. The van der Waals surface area contributed by atoms with Gasteiger partial charge in [-0.05, 0) is 31.9 Å². The second-order valence-electron chi connectivity index (χ2n) is 4.86. The van der Waals surface area contributed by atoms with Crippen molar-refractivity contribution in [1.82, 2.24) is 14.8 Å². The summed E-state index contributed by atoms with van der Waals surface area (Å²) in [7, 11) is 0. The van der Waals surface area contributed by atoms with E-state index in [-0.39, 0.29) is 12.2 Å². The molecule has 2 N–H and O–H groups in total. The van der Waals surface area contributed by atoms with Crippen LogP contribution in [-0.4, -0.2) is 20.9 Å². The molecular weight excluding hydrogens is 240 g/mol. The average Bonchev–Trinajstić information content (AvgIpc) is 3.05. The molecule has 2 heterocycles. The molecule has 1 fully saturated rings. The zero-order valence-corrected chi connectivity index (χ0v) is 11.0. The monoisotopic (exact) mass is 258 g/mol. The van der Waals surface area contributed by atoms with Gasteiger partial charge >= 0.3 is 0 Å². The van der Waals surface area contributed by atoms with Crippen molar-refractivity contribution >= 4 is 0 Å². The van der Waals surface area contributed by atoms with Crippen LogP contribution in [0.5, 0.6) is 0 Å². The molecule has 5 heteroatoms. The van der Waals surface area contributed by atoms with Gasteiger partial charge < -0.3 is 10.5 Å². The Bertz CT molecular complexity index is 552. The van der Waals surface area contributed by atoms with Crippen LogP contribution in [0.1, 0.15) is 37.5 Å². The molecule has 0 spiro atoms. The molecular formula is C14H18N4O. The lowest BCUT2D eigenvalue weighted by atomic mass is 10.2. The van der Waals surface area contributed by atoms with E-state index in [4.69, 9.17) is 10.5 Å². The van der Waals surface area contributed by atoms with E-state index < -0.39 is 0 Å². The van der Waals surface area contributed by atoms with E-state index >= 15 is 0 Å². The second-order valence-corrected chi connectivity index (χ2v) is 4.86. The van der Waals surface area contributed by atoms with E-state index in [0.717, 1.165) is 30.2 Å². The molecule has 2 atom stereocenters. The number of nitrogens with zero attached hydrogens (tertiary/aromatic N) is 3. The van der Waals surface area contributed by atoms with Gasteiger partial charge in [-0.15, -0.1) is 10.2 Å². The molecule has 0 radical (unpaired) electrons. The van der Waals surface area contributed by atoms with Gasteiger partial charge in [-0.1, -0.05) is 18.2 Å². The van der Waals surface area contributed by atoms with Gasteiger partial charge in [0.2, 0.25) is 0 Å². The largest absolute Gasteiger partial charge is 0.367 e. The molecule has 0 aliphatic carbocycles. The summed E-state index contributed by atoms with van der Waals surface area (Å²) in [5.74, 6) is 1.63. The Hall–Kier alpha value is -1.72. The van der Waals surface area contributed by atoms with Crippen LogP contribution < -0.4 is 5.73 Å². The predicted molar refractivity (Wildman–Crippen MR) is 71.8 cm³/mol. The van der Waals surface area contributed by atoms with Crippen LogP contribution in [0.4, 0.5) is 0 Å². The molecule has 3 rings (SSSR count). The van der Waals surface area contributed by atoms with Crippen molar-refractivity contribution < 1.29 is 4.74 Å². The van der Waals surface area contributed by atoms with Crippen molar-refractivity contribution in [2.24, 2.45) is 5.73 Å². The molecule has 1 aliphatic rings. The minimum Gasteiger partial charge on any atom is -0.367 e. The Morgan fingerprint density at radius 3 is 2.68 bits per heavy atom. The van der Waals surface area contributed by atoms with Crippen molar-refractivity contribution in [3.63, 3.8) is 0 Å². The van der Waals surface area contributed by atoms with E-state index in [9.17, 15) is 0 Å². The first-order valence-corrected chi connectivity index (χ1v) is 6.64. The normalized spacial score (nSPS) is 22.8. The van der Waals surface area contributed by atoms with Gasteiger partial charge in [-0.25, -0.2) is 0 Å². The molecule has 19 heavy (non-hydrogen) atoms. The summed E-state index contributed by atoms with van der Waals surface area (Å²) in [6.45, 7) is 2.46. The maximum Gasteiger partial charge on any atom is 0.166 e. The maximum atomic E-state index is 5.90. The molecule has 2 unspecified atom stereocenters. The Morgan fingerprint density at radius 2 is 2.05 bits per heavy atom. The van der Waals surface area contributed by atoms with Crippen molar-refractivity contribution in [1.29, 1.82) is 0 Å². The zero-order chi connectivity index (χ0) is 13.2. The fourth-order valence-electron chi connectivity index (χ4n) is 2.52. The first kappa shape index (κ1) is 12.3. The van der Waals surface area contributed by atoms with Crippen LogP contribution in [0.3, 0.4) is 0 Å². The number of benzene rings is 1. The number of aromatic nitrogens is 3. The lowest BCUT2D eigenvalue weighted by Crippen LogP contribution is -2.12. The number of hydrogen-bond acceptors (Lipinski definition) is 4. The molecule has 100 valence electrons. The van der Waals surface area contributed by atoms with Gasteiger partial charge in [0.25, 0.3) is 0 Å². The maximum absolute atomic E-state index is 5.90. The second kappa shape index (κ2) is 5.11. The fourth-order valence-corrected chi connectivity index (χ4v) is 2.52. The van der Waals surface area contributed by atoms with E-state index in [1.54, 1.807) is 0 Å². The van der Waals surface area contributed by atoms with Gasteiger partial charge in [0.1, 0.15) is 6.10 Å². The van der Waals surface area contributed by atoms with Gasteiger partial charge in [0.15, 0.2) is 11.6 Å². The zero-order valence-electron chi connectivity index (χ0n) is 11.0. The third-order valence-electron chi connectivity index (χ3n) is 3.47. The molecule has 0 amide bonds. The lowest BCUT2D eigenvalue weighted by Gasteiger charge is -2.14. The van der Waals surface area contributed by atoms with E-state index in [0.29, 0.717) is 6.54 Å². The molecule has 1 aliphatic heterocycles. The Kier molecular flexibility index (Phi) is 3.31. The summed E-state index contributed by atoms with van der Waals surface area (Å²) in [5, 5.41) is 8.48. The number of ether oxygens (including phenoxy) is 1. The smallest absolute Gasteiger partial charge is 0.166 e. The van der Waals surface area contributed by atoms with Crippen molar-refractivity contribution in [3.05, 3.63) is 42.0 Å². The third-order valence-corrected chi connectivity index (χ3v) is 3.47. The van der Waals surface area contributed by atoms with Crippen LogP contribution in [0.15, 0.2) is 30.3 Å². The molecule has 1 aromatic heterocycles. The summed E-state index contributed by atoms with van der Waals surface area (Å²) in [5.41, 5.74) is 6.80. The molecule has 5 nitrogen and oxygen atoms in total. The number of para-hydroxylation sites is 1. The Balaban J connectivity index is 2.04. The molecule has 0 bridgehead atoms. The summed E-state index contributed by atoms with van der Waals surface area (Å²) < 4.78 is 7.92. The standard InChI is InChI=1S/C14H18N4O/c1-10-7-8-12(19-10)14-17-16-13(9-15)18(14)11-5-3-2-4-6-11/h2-6,10,12H,7-9,15H2,1H3. The Morgan fingerprint density at radius 1 is 1.26 bits per heavy atom.